The fraction of sp³-hybridized carbons (Fsp3) is 0.143. The minimum atomic E-state index is -3.86. The molecule has 0 heterocycles. The molecule has 0 aliphatic rings. The molecule has 4 nitrogen and oxygen atoms in total. The van der Waals surface area contributed by atoms with Crippen LogP contribution in [0, 0.1) is 0 Å². The Kier molecular flexibility index (Phi) is 5.00. The normalized spacial score (nSPS) is 11.2. The third-order valence-corrected chi connectivity index (χ3v) is 4.25. The molecule has 0 N–H and O–H groups in total. The maximum Gasteiger partial charge on any atom is 0.298 e. The fourth-order valence-corrected chi connectivity index (χ4v) is 2.92. The number of ether oxygens (including phenoxy) is 1. The SMILES string of the molecule is O=S(=O)(OCCOc1ccccc1)c1ccccc1Cl. The van der Waals surface area contributed by atoms with Gasteiger partial charge in [0, 0.05) is 0 Å². The molecule has 2 aromatic rings. The van der Waals surface area contributed by atoms with Crippen LogP contribution in [0.1, 0.15) is 0 Å². The standard InChI is InChI=1S/C14H13ClO4S/c15-13-8-4-5-9-14(13)20(16,17)19-11-10-18-12-6-2-1-3-7-12/h1-9H,10-11H2. The highest BCUT2D eigenvalue weighted by molar-refractivity contribution is 7.86. The molecule has 0 radical (unpaired) electrons. The Morgan fingerprint density at radius 3 is 2.25 bits per heavy atom. The summed E-state index contributed by atoms with van der Waals surface area (Å²) in [4.78, 5) is -0.0404. The maximum absolute atomic E-state index is 11.9. The summed E-state index contributed by atoms with van der Waals surface area (Å²) in [6.45, 7) is 0.0517. The molecule has 2 rings (SSSR count). The second kappa shape index (κ2) is 6.74. The van der Waals surface area contributed by atoms with Crippen molar-refractivity contribution in [2.75, 3.05) is 13.2 Å². The lowest BCUT2D eigenvalue weighted by Gasteiger charge is -2.08. The Morgan fingerprint density at radius 1 is 0.900 bits per heavy atom. The highest BCUT2D eigenvalue weighted by atomic mass is 35.5. The van der Waals surface area contributed by atoms with E-state index in [9.17, 15) is 8.42 Å². The number of hydrogen-bond donors (Lipinski definition) is 0. The predicted molar refractivity (Wildman–Crippen MR) is 76.5 cm³/mol. The second-order valence-electron chi connectivity index (χ2n) is 3.87. The predicted octanol–water partition coefficient (Wildman–Crippen LogP) is 3.12. The van der Waals surface area contributed by atoms with E-state index in [1.165, 1.54) is 12.1 Å². The van der Waals surface area contributed by atoms with E-state index in [0.717, 1.165) is 0 Å². The zero-order chi connectivity index (χ0) is 14.4. The van der Waals surface area contributed by atoms with Crippen LogP contribution in [-0.2, 0) is 14.3 Å². The summed E-state index contributed by atoms with van der Waals surface area (Å²) < 4.78 is 34.0. The highest BCUT2D eigenvalue weighted by Crippen LogP contribution is 2.22. The van der Waals surface area contributed by atoms with Gasteiger partial charge in [-0.25, -0.2) is 0 Å². The van der Waals surface area contributed by atoms with Gasteiger partial charge in [-0.15, -0.1) is 0 Å². The summed E-state index contributed by atoms with van der Waals surface area (Å²) in [6, 6.07) is 15.2. The van der Waals surface area contributed by atoms with Gasteiger partial charge in [0.05, 0.1) is 5.02 Å². The van der Waals surface area contributed by atoms with Crippen molar-refractivity contribution >= 4 is 21.7 Å². The topological polar surface area (TPSA) is 52.6 Å². The van der Waals surface area contributed by atoms with Crippen LogP contribution in [0.15, 0.2) is 59.5 Å². The van der Waals surface area contributed by atoms with Crippen molar-refractivity contribution in [3.8, 4) is 5.75 Å². The van der Waals surface area contributed by atoms with E-state index in [2.05, 4.69) is 0 Å². The zero-order valence-electron chi connectivity index (χ0n) is 10.5. The molecule has 0 bridgehead atoms. The van der Waals surface area contributed by atoms with E-state index in [-0.39, 0.29) is 23.1 Å². The minimum absolute atomic E-state index is 0.0404. The molecule has 0 aliphatic carbocycles. The molecule has 0 unspecified atom stereocenters. The number of halogens is 1. The first-order chi connectivity index (χ1) is 9.59. The first kappa shape index (κ1) is 14.8. The number of hydrogen-bond acceptors (Lipinski definition) is 4. The van der Waals surface area contributed by atoms with E-state index >= 15 is 0 Å². The third kappa shape index (κ3) is 3.96. The molecule has 0 saturated carbocycles. The molecule has 0 aromatic heterocycles. The molecule has 0 saturated heterocycles. The van der Waals surface area contributed by atoms with Crippen LogP contribution >= 0.6 is 11.6 Å². The van der Waals surface area contributed by atoms with Gasteiger partial charge in [0.15, 0.2) is 0 Å². The Labute approximate surface area is 123 Å². The largest absolute Gasteiger partial charge is 0.491 e. The van der Waals surface area contributed by atoms with Gasteiger partial charge in [0.1, 0.15) is 23.9 Å². The Morgan fingerprint density at radius 2 is 1.55 bits per heavy atom. The van der Waals surface area contributed by atoms with Crippen LogP contribution in [-0.4, -0.2) is 21.6 Å². The van der Waals surface area contributed by atoms with E-state index in [1.807, 2.05) is 18.2 Å². The summed E-state index contributed by atoms with van der Waals surface area (Å²) in [5, 5.41) is 0.136. The second-order valence-corrected chi connectivity index (χ2v) is 5.86. The summed E-state index contributed by atoms with van der Waals surface area (Å²) in [6.07, 6.45) is 0. The Bertz CT molecular complexity index is 656. The molecule has 0 aliphatic heterocycles. The molecule has 0 atom stereocenters. The van der Waals surface area contributed by atoms with Gasteiger partial charge in [0.2, 0.25) is 0 Å². The lowest BCUT2D eigenvalue weighted by molar-refractivity contribution is 0.221. The molecular formula is C14H13ClO4S. The van der Waals surface area contributed by atoms with Gasteiger partial charge in [-0.1, -0.05) is 41.9 Å². The van der Waals surface area contributed by atoms with Gasteiger partial charge in [-0.2, -0.15) is 8.42 Å². The van der Waals surface area contributed by atoms with Gasteiger partial charge in [-0.3, -0.25) is 4.18 Å². The van der Waals surface area contributed by atoms with Crippen LogP contribution in [0.2, 0.25) is 5.02 Å². The summed E-state index contributed by atoms with van der Waals surface area (Å²) in [5.74, 6) is 0.659. The monoisotopic (exact) mass is 312 g/mol. The van der Waals surface area contributed by atoms with Crippen LogP contribution in [0.4, 0.5) is 0 Å². The summed E-state index contributed by atoms with van der Waals surface area (Å²) >= 11 is 5.83. The lowest BCUT2D eigenvalue weighted by Crippen LogP contribution is -2.13. The lowest BCUT2D eigenvalue weighted by atomic mass is 10.3. The average molecular weight is 313 g/mol. The van der Waals surface area contributed by atoms with Crippen LogP contribution in [0.25, 0.3) is 0 Å². The Balaban J connectivity index is 1.89. The summed E-state index contributed by atoms with van der Waals surface area (Å²) in [7, 11) is -3.86. The van der Waals surface area contributed by atoms with Crippen LogP contribution in [0.3, 0.4) is 0 Å². The van der Waals surface area contributed by atoms with E-state index < -0.39 is 10.1 Å². The first-order valence-electron chi connectivity index (χ1n) is 5.91. The van der Waals surface area contributed by atoms with Gasteiger partial charge >= 0.3 is 0 Å². The molecule has 6 heteroatoms. The van der Waals surface area contributed by atoms with Crippen molar-refractivity contribution in [3.63, 3.8) is 0 Å². The van der Waals surface area contributed by atoms with Crippen molar-refractivity contribution in [2.24, 2.45) is 0 Å². The molecule has 20 heavy (non-hydrogen) atoms. The summed E-state index contributed by atoms with van der Waals surface area (Å²) in [5.41, 5.74) is 0. The molecule has 0 fully saturated rings. The van der Waals surface area contributed by atoms with Gasteiger partial charge in [-0.05, 0) is 24.3 Å². The van der Waals surface area contributed by atoms with Crippen molar-refractivity contribution in [2.45, 2.75) is 4.90 Å². The van der Waals surface area contributed by atoms with Crippen molar-refractivity contribution in [3.05, 3.63) is 59.6 Å². The van der Waals surface area contributed by atoms with Crippen LogP contribution < -0.4 is 4.74 Å². The van der Waals surface area contributed by atoms with Crippen molar-refractivity contribution in [1.82, 2.24) is 0 Å². The number of benzene rings is 2. The van der Waals surface area contributed by atoms with E-state index in [0.29, 0.717) is 5.75 Å². The average Bonchev–Trinajstić information content (AvgIpc) is 2.45. The van der Waals surface area contributed by atoms with Gasteiger partial charge in [0.25, 0.3) is 10.1 Å². The van der Waals surface area contributed by atoms with Crippen molar-refractivity contribution < 1.29 is 17.3 Å². The van der Waals surface area contributed by atoms with Crippen LogP contribution in [0.5, 0.6) is 5.75 Å². The third-order valence-electron chi connectivity index (χ3n) is 2.44. The Hall–Kier alpha value is -1.56. The van der Waals surface area contributed by atoms with Gasteiger partial charge < -0.3 is 4.74 Å². The number of para-hydroxylation sites is 1. The van der Waals surface area contributed by atoms with E-state index in [1.54, 1.807) is 24.3 Å². The van der Waals surface area contributed by atoms with Crippen molar-refractivity contribution in [1.29, 1.82) is 0 Å². The molecule has 2 aromatic carbocycles. The van der Waals surface area contributed by atoms with E-state index in [4.69, 9.17) is 20.5 Å². The molecule has 0 amide bonds. The molecule has 106 valence electrons. The smallest absolute Gasteiger partial charge is 0.298 e. The zero-order valence-corrected chi connectivity index (χ0v) is 12.1. The number of rotatable bonds is 6. The quantitative estimate of drug-likeness (QED) is 0.607. The molecular weight excluding hydrogens is 300 g/mol. The first-order valence-corrected chi connectivity index (χ1v) is 7.70. The highest BCUT2D eigenvalue weighted by Gasteiger charge is 2.18. The molecule has 0 spiro atoms. The fourth-order valence-electron chi connectivity index (χ4n) is 1.53. The minimum Gasteiger partial charge on any atom is -0.491 e. The maximum atomic E-state index is 11.9.